The molecule has 3 heterocycles. The van der Waals surface area contributed by atoms with Gasteiger partial charge in [-0.1, -0.05) is 6.08 Å². The number of nitrogens with one attached hydrogen (secondary N) is 1. The summed E-state index contributed by atoms with van der Waals surface area (Å²) in [6.07, 6.45) is 5.65. The minimum Gasteiger partial charge on any atom is -0.508 e. The Bertz CT molecular complexity index is 910. The predicted molar refractivity (Wildman–Crippen MR) is 79.5 cm³/mol. The molecule has 1 aliphatic heterocycles. The van der Waals surface area contributed by atoms with Crippen molar-refractivity contribution in [3.8, 4) is 5.75 Å². The number of phenolic OH excluding ortho intramolecular Hbond substituents is 1. The van der Waals surface area contributed by atoms with Crippen molar-refractivity contribution in [3.63, 3.8) is 0 Å². The van der Waals surface area contributed by atoms with E-state index in [1.165, 1.54) is 6.08 Å². The fourth-order valence-electron chi connectivity index (χ4n) is 2.52. The van der Waals surface area contributed by atoms with E-state index >= 15 is 0 Å². The zero-order chi connectivity index (χ0) is 14.4. The van der Waals surface area contributed by atoms with Crippen LogP contribution >= 0.6 is 0 Å². The van der Waals surface area contributed by atoms with Crippen molar-refractivity contribution in [2.24, 2.45) is 0 Å². The second-order valence-corrected chi connectivity index (χ2v) is 4.96. The molecule has 104 valence electrons. The molecule has 0 amide bonds. The number of benzene rings is 1. The lowest BCUT2D eigenvalue weighted by atomic mass is 10.1. The molecule has 1 aromatic carbocycles. The zero-order valence-corrected chi connectivity index (χ0v) is 11.0. The monoisotopic (exact) mass is 281 g/mol. The number of alkyl halides is 1. The number of hydrogen-bond acceptors (Lipinski definition) is 3. The summed E-state index contributed by atoms with van der Waals surface area (Å²) in [4.78, 5) is 4.53. The lowest BCUT2D eigenvalue weighted by Crippen LogP contribution is -2.19. The normalized spacial score (nSPS) is 18.0. The number of aromatic hydroxyl groups is 1. The first-order valence-electron chi connectivity index (χ1n) is 6.60. The van der Waals surface area contributed by atoms with Gasteiger partial charge in [-0.15, -0.1) is 0 Å². The molecule has 0 bridgehead atoms. The van der Waals surface area contributed by atoms with Crippen molar-refractivity contribution in [2.75, 3.05) is 0 Å². The van der Waals surface area contributed by atoms with Crippen molar-refractivity contribution in [3.05, 3.63) is 60.4 Å². The van der Waals surface area contributed by atoms with Crippen molar-refractivity contribution in [2.45, 2.75) is 6.30 Å². The Kier molecular flexibility index (Phi) is 2.47. The molecule has 2 N–H and O–H groups in total. The van der Waals surface area contributed by atoms with Crippen LogP contribution in [0, 0.1) is 0 Å². The van der Waals surface area contributed by atoms with Gasteiger partial charge in [-0.3, -0.25) is 4.40 Å². The van der Waals surface area contributed by atoms with Crippen molar-refractivity contribution in [1.82, 2.24) is 14.7 Å². The van der Waals surface area contributed by atoms with Crippen LogP contribution in [0.4, 0.5) is 4.39 Å². The minimum atomic E-state index is -1.13. The lowest BCUT2D eigenvalue weighted by Gasteiger charge is -2.12. The summed E-state index contributed by atoms with van der Waals surface area (Å²) in [6.45, 7) is 0. The number of pyridine rings is 1. The zero-order valence-electron chi connectivity index (χ0n) is 11.0. The Labute approximate surface area is 119 Å². The first kappa shape index (κ1) is 12.0. The summed E-state index contributed by atoms with van der Waals surface area (Å²) in [6, 6.07) is 8.96. The third-order valence-electron chi connectivity index (χ3n) is 3.56. The van der Waals surface area contributed by atoms with Gasteiger partial charge in [-0.2, -0.15) is 0 Å². The van der Waals surface area contributed by atoms with Gasteiger partial charge in [0.25, 0.3) is 0 Å². The molecule has 1 unspecified atom stereocenters. The van der Waals surface area contributed by atoms with Gasteiger partial charge in [-0.25, -0.2) is 9.37 Å². The molecule has 3 aromatic rings. The van der Waals surface area contributed by atoms with Crippen LogP contribution in [0.5, 0.6) is 5.75 Å². The Hall–Kier alpha value is -2.82. The maximum Gasteiger partial charge on any atom is 0.188 e. The standard InChI is InChI=1S/C16H12FN3O/c17-15-4-1-11(9-18-15)10-5-6-20-14-8-12(21)2-3-13(14)19-16(20)7-10/h1-9,15,18,21H. The number of halogens is 1. The van der Waals surface area contributed by atoms with E-state index < -0.39 is 6.30 Å². The van der Waals surface area contributed by atoms with E-state index in [4.69, 9.17) is 0 Å². The highest BCUT2D eigenvalue weighted by Gasteiger charge is 2.10. The molecule has 1 atom stereocenters. The molecule has 5 heteroatoms. The summed E-state index contributed by atoms with van der Waals surface area (Å²) in [5.74, 6) is 0.212. The number of allylic oxidation sites excluding steroid dienone is 2. The summed E-state index contributed by atoms with van der Waals surface area (Å²) in [7, 11) is 0. The second-order valence-electron chi connectivity index (χ2n) is 4.96. The summed E-state index contributed by atoms with van der Waals surface area (Å²) in [5.41, 5.74) is 4.32. The molecule has 21 heavy (non-hydrogen) atoms. The number of aromatic nitrogens is 2. The number of hydrogen-bond donors (Lipinski definition) is 2. The van der Waals surface area contributed by atoms with Gasteiger partial charge in [0.1, 0.15) is 11.4 Å². The highest BCUT2D eigenvalue weighted by Crippen LogP contribution is 2.24. The number of rotatable bonds is 1. The van der Waals surface area contributed by atoms with E-state index in [1.54, 1.807) is 30.5 Å². The van der Waals surface area contributed by atoms with E-state index in [-0.39, 0.29) is 5.75 Å². The second kappa shape index (κ2) is 4.34. The Morgan fingerprint density at radius 2 is 2.14 bits per heavy atom. The molecule has 0 saturated heterocycles. The molecule has 4 rings (SSSR count). The van der Waals surface area contributed by atoms with Crippen LogP contribution in [0.3, 0.4) is 0 Å². The van der Waals surface area contributed by atoms with Crippen LogP contribution in [0.2, 0.25) is 0 Å². The number of phenols is 1. The van der Waals surface area contributed by atoms with Crippen LogP contribution < -0.4 is 5.32 Å². The third kappa shape index (κ3) is 1.94. The van der Waals surface area contributed by atoms with E-state index in [9.17, 15) is 9.50 Å². The molecule has 0 spiro atoms. The van der Waals surface area contributed by atoms with E-state index in [1.807, 2.05) is 22.7 Å². The van der Waals surface area contributed by atoms with Gasteiger partial charge in [0.15, 0.2) is 6.30 Å². The van der Waals surface area contributed by atoms with Gasteiger partial charge < -0.3 is 10.4 Å². The molecule has 2 aromatic heterocycles. The Morgan fingerprint density at radius 3 is 2.95 bits per heavy atom. The summed E-state index contributed by atoms with van der Waals surface area (Å²) >= 11 is 0. The van der Waals surface area contributed by atoms with Gasteiger partial charge in [0.05, 0.1) is 11.0 Å². The van der Waals surface area contributed by atoms with E-state index in [0.717, 1.165) is 27.8 Å². The van der Waals surface area contributed by atoms with Crippen LogP contribution in [0.25, 0.3) is 22.3 Å². The molecule has 4 nitrogen and oxygen atoms in total. The average molecular weight is 281 g/mol. The number of imidazole rings is 1. The third-order valence-corrected chi connectivity index (χ3v) is 3.56. The fraction of sp³-hybridized carbons (Fsp3) is 0.0625. The molecule has 0 fully saturated rings. The summed E-state index contributed by atoms with van der Waals surface area (Å²) in [5, 5.41) is 12.2. The fourth-order valence-corrected chi connectivity index (χ4v) is 2.52. The Balaban J connectivity index is 1.87. The quantitative estimate of drug-likeness (QED) is 0.674. The highest BCUT2D eigenvalue weighted by atomic mass is 19.1. The Morgan fingerprint density at radius 1 is 1.24 bits per heavy atom. The van der Waals surface area contributed by atoms with Gasteiger partial charge in [-0.05, 0) is 41.5 Å². The van der Waals surface area contributed by atoms with Crippen LogP contribution in [0.1, 0.15) is 5.56 Å². The summed E-state index contributed by atoms with van der Waals surface area (Å²) < 4.78 is 14.9. The van der Waals surface area contributed by atoms with Crippen molar-refractivity contribution >= 4 is 22.3 Å². The van der Waals surface area contributed by atoms with Gasteiger partial charge in [0, 0.05) is 18.5 Å². The van der Waals surface area contributed by atoms with Crippen molar-refractivity contribution in [1.29, 1.82) is 0 Å². The topological polar surface area (TPSA) is 49.6 Å². The predicted octanol–water partition coefficient (Wildman–Crippen LogP) is 2.99. The average Bonchev–Trinajstić information content (AvgIpc) is 2.85. The first-order chi connectivity index (χ1) is 10.2. The lowest BCUT2D eigenvalue weighted by molar-refractivity contribution is 0.365. The number of fused-ring (bicyclic) bond motifs is 3. The smallest absolute Gasteiger partial charge is 0.188 e. The minimum absolute atomic E-state index is 0.212. The largest absolute Gasteiger partial charge is 0.508 e. The van der Waals surface area contributed by atoms with Crippen LogP contribution in [-0.2, 0) is 0 Å². The molecular formula is C16H12FN3O. The molecule has 0 saturated carbocycles. The number of nitrogens with zero attached hydrogens (tertiary/aromatic N) is 2. The van der Waals surface area contributed by atoms with Crippen LogP contribution in [0.15, 0.2) is 54.9 Å². The van der Waals surface area contributed by atoms with E-state index in [0.29, 0.717) is 0 Å². The highest BCUT2D eigenvalue weighted by molar-refractivity contribution is 5.84. The maximum atomic E-state index is 13.0. The van der Waals surface area contributed by atoms with Gasteiger partial charge >= 0.3 is 0 Å². The maximum absolute atomic E-state index is 13.0. The molecular weight excluding hydrogens is 269 g/mol. The molecule has 0 aliphatic carbocycles. The SMILES string of the molecule is Oc1ccc2nc3cc(C4=CNC(F)C=C4)ccn3c2c1. The van der Waals surface area contributed by atoms with Crippen LogP contribution in [-0.4, -0.2) is 20.8 Å². The first-order valence-corrected chi connectivity index (χ1v) is 6.60. The number of dihydropyridines is 1. The molecule has 1 aliphatic rings. The molecule has 0 radical (unpaired) electrons. The van der Waals surface area contributed by atoms with Gasteiger partial charge in [0.2, 0.25) is 0 Å². The van der Waals surface area contributed by atoms with E-state index in [2.05, 4.69) is 10.3 Å². The van der Waals surface area contributed by atoms with Crippen molar-refractivity contribution < 1.29 is 9.50 Å².